The van der Waals surface area contributed by atoms with Gasteiger partial charge in [0.15, 0.2) is 5.11 Å². The van der Waals surface area contributed by atoms with E-state index in [-0.39, 0.29) is 5.91 Å². The van der Waals surface area contributed by atoms with Gasteiger partial charge in [-0.1, -0.05) is 32.0 Å². The van der Waals surface area contributed by atoms with Gasteiger partial charge in [-0.3, -0.25) is 10.1 Å². The first-order valence-corrected chi connectivity index (χ1v) is 7.33. The largest absolute Gasteiger partial charge is 0.351 e. The van der Waals surface area contributed by atoms with E-state index in [9.17, 15) is 4.79 Å². The molecule has 0 radical (unpaired) electrons. The van der Waals surface area contributed by atoms with Crippen molar-refractivity contribution < 1.29 is 4.79 Å². The van der Waals surface area contributed by atoms with Crippen LogP contribution in [0.25, 0.3) is 0 Å². The number of amides is 1. The number of rotatable bonds is 6. The Bertz CT molecular complexity index is 432. The molecule has 110 valence electrons. The van der Waals surface area contributed by atoms with Crippen LogP contribution in [-0.4, -0.2) is 54.0 Å². The Morgan fingerprint density at radius 2 is 1.75 bits per heavy atom. The number of nitrogens with one attached hydrogen (secondary N) is 1. The molecule has 0 aliphatic carbocycles. The molecule has 1 aromatic carbocycles. The van der Waals surface area contributed by atoms with Crippen LogP contribution in [0, 0.1) is 0 Å². The van der Waals surface area contributed by atoms with Gasteiger partial charge >= 0.3 is 0 Å². The van der Waals surface area contributed by atoms with Crippen molar-refractivity contribution >= 4 is 23.2 Å². The van der Waals surface area contributed by atoms with Crippen LogP contribution >= 0.6 is 12.2 Å². The molecule has 1 rings (SSSR count). The van der Waals surface area contributed by atoms with E-state index >= 15 is 0 Å². The van der Waals surface area contributed by atoms with Crippen LogP contribution in [0.2, 0.25) is 0 Å². The van der Waals surface area contributed by atoms with Crippen molar-refractivity contribution in [3.63, 3.8) is 0 Å². The molecule has 0 bridgehead atoms. The maximum Gasteiger partial charge on any atom is 0.257 e. The van der Waals surface area contributed by atoms with Crippen LogP contribution in [0.15, 0.2) is 30.3 Å². The summed E-state index contributed by atoms with van der Waals surface area (Å²) in [6.45, 7) is 8.05. The zero-order chi connectivity index (χ0) is 15.0. The monoisotopic (exact) mass is 293 g/mol. The minimum atomic E-state index is -0.162. The minimum absolute atomic E-state index is 0.162. The highest BCUT2D eigenvalue weighted by atomic mass is 32.1. The fraction of sp³-hybridized carbons (Fsp3) is 0.467. The van der Waals surface area contributed by atoms with Gasteiger partial charge in [0.25, 0.3) is 5.91 Å². The lowest BCUT2D eigenvalue weighted by Gasteiger charge is -2.24. The lowest BCUT2D eigenvalue weighted by Crippen LogP contribution is -2.43. The number of benzene rings is 1. The molecule has 0 saturated heterocycles. The van der Waals surface area contributed by atoms with Gasteiger partial charge in [-0.15, -0.1) is 0 Å². The molecule has 0 saturated carbocycles. The highest BCUT2D eigenvalue weighted by Gasteiger charge is 2.11. The third-order valence-electron chi connectivity index (χ3n) is 3.25. The molecule has 5 heteroatoms. The number of carbonyl (C=O) groups excluding carboxylic acids is 1. The van der Waals surface area contributed by atoms with Crippen molar-refractivity contribution in [2.24, 2.45) is 0 Å². The predicted molar refractivity (Wildman–Crippen MR) is 86.9 cm³/mol. The number of carbonyl (C=O) groups is 1. The first-order valence-electron chi connectivity index (χ1n) is 6.92. The van der Waals surface area contributed by atoms with Gasteiger partial charge in [0.2, 0.25) is 0 Å². The van der Waals surface area contributed by atoms with Gasteiger partial charge in [-0.2, -0.15) is 0 Å². The maximum absolute atomic E-state index is 12.0. The number of thiocarbonyl (C=S) groups is 1. The van der Waals surface area contributed by atoms with E-state index in [0.29, 0.717) is 10.7 Å². The first kappa shape index (κ1) is 16.6. The second kappa shape index (κ2) is 8.66. The molecule has 1 amide bonds. The quantitative estimate of drug-likeness (QED) is 0.814. The van der Waals surface area contributed by atoms with Crippen LogP contribution in [0.3, 0.4) is 0 Å². The molecule has 0 unspecified atom stereocenters. The van der Waals surface area contributed by atoms with E-state index in [1.807, 2.05) is 30.1 Å². The number of hydrogen-bond donors (Lipinski definition) is 1. The summed E-state index contributed by atoms with van der Waals surface area (Å²) in [4.78, 5) is 16.2. The summed E-state index contributed by atoms with van der Waals surface area (Å²) in [7, 11) is 1.90. The molecule has 0 aliphatic heterocycles. The summed E-state index contributed by atoms with van der Waals surface area (Å²) in [5.41, 5.74) is 0.618. The Morgan fingerprint density at radius 1 is 1.15 bits per heavy atom. The summed E-state index contributed by atoms with van der Waals surface area (Å²) < 4.78 is 0. The molecular formula is C15H23N3OS. The van der Waals surface area contributed by atoms with E-state index in [1.54, 1.807) is 12.1 Å². The molecule has 0 heterocycles. The van der Waals surface area contributed by atoms with Crippen molar-refractivity contribution in [3.8, 4) is 0 Å². The molecule has 1 N–H and O–H groups in total. The molecular weight excluding hydrogens is 270 g/mol. The highest BCUT2D eigenvalue weighted by molar-refractivity contribution is 7.80. The predicted octanol–water partition coefficient (Wildman–Crippen LogP) is 1.97. The summed E-state index contributed by atoms with van der Waals surface area (Å²) in [6, 6.07) is 9.09. The SMILES string of the molecule is CCN(CC)CCN(C)C(=S)NC(=O)c1ccccc1. The van der Waals surface area contributed by atoms with E-state index in [1.165, 1.54) is 0 Å². The zero-order valence-electron chi connectivity index (χ0n) is 12.4. The van der Waals surface area contributed by atoms with E-state index in [2.05, 4.69) is 24.1 Å². The lowest BCUT2D eigenvalue weighted by molar-refractivity contribution is 0.0973. The lowest BCUT2D eigenvalue weighted by atomic mass is 10.2. The Hall–Kier alpha value is -1.46. The molecule has 0 spiro atoms. The van der Waals surface area contributed by atoms with Crippen LogP contribution in [0.1, 0.15) is 24.2 Å². The molecule has 0 atom stereocenters. The normalized spacial score (nSPS) is 10.4. The maximum atomic E-state index is 12.0. The molecule has 0 fully saturated rings. The van der Waals surface area contributed by atoms with Gasteiger partial charge < -0.3 is 9.80 Å². The van der Waals surface area contributed by atoms with Crippen molar-refractivity contribution in [1.82, 2.24) is 15.1 Å². The average Bonchev–Trinajstić information content (AvgIpc) is 2.48. The fourth-order valence-corrected chi connectivity index (χ4v) is 1.97. The second-order valence-corrected chi connectivity index (χ2v) is 4.96. The van der Waals surface area contributed by atoms with Crippen LogP contribution < -0.4 is 5.32 Å². The van der Waals surface area contributed by atoms with Gasteiger partial charge in [0, 0.05) is 25.7 Å². The zero-order valence-corrected chi connectivity index (χ0v) is 13.2. The van der Waals surface area contributed by atoms with Crippen LogP contribution in [-0.2, 0) is 0 Å². The topological polar surface area (TPSA) is 35.6 Å². The van der Waals surface area contributed by atoms with E-state index in [4.69, 9.17) is 12.2 Å². The van der Waals surface area contributed by atoms with E-state index in [0.717, 1.165) is 26.2 Å². The third-order valence-corrected chi connectivity index (χ3v) is 3.66. The number of likely N-dealkylation sites (N-methyl/N-ethyl adjacent to an activating group) is 2. The third kappa shape index (κ3) is 5.27. The van der Waals surface area contributed by atoms with Gasteiger partial charge in [0.1, 0.15) is 0 Å². The molecule has 20 heavy (non-hydrogen) atoms. The average molecular weight is 293 g/mol. The Labute approximate surface area is 126 Å². The molecule has 1 aromatic rings. The van der Waals surface area contributed by atoms with E-state index < -0.39 is 0 Å². The van der Waals surface area contributed by atoms with Gasteiger partial charge in [0.05, 0.1) is 0 Å². The molecule has 0 aliphatic rings. The summed E-state index contributed by atoms with van der Waals surface area (Å²) in [5, 5.41) is 3.22. The number of nitrogens with zero attached hydrogens (tertiary/aromatic N) is 2. The Kier molecular flexibility index (Phi) is 7.18. The number of hydrogen-bond acceptors (Lipinski definition) is 3. The van der Waals surface area contributed by atoms with Gasteiger partial charge in [-0.05, 0) is 37.4 Å². The van der Waals surface area contributed by atoms with Crippen LogP contribution in [0.5, 0.6) is 0 Å². The molecule has 0 aromatic heterocycles. The van der Waals surface area contributed by atoms with Crippen LogP contribution in [0.4, 0.5) is 0 Å². The Balaban J connectivity index is 2.44. The summed E-state index contributed by atoms with van der Waals surface area (Å²) in [6.07, 6.45) is 0. The summed E-state index contributed by atoms with van der Waals surface area (Å²) in [5.74, 6) is -0.162. The standard InChI is InChI=1S/C15H23N3OS/c1-4-18(5-2)12-11-17(3)15(20)16-14(19)13-9-7-6-8-10-13/h6-10H,4-5,11-12H2,1-3H3,(H,16,19,20). The Morgan fingerprint density at radius 3 is 2.30 bits per heavy atom. The highest BCUT2D eigenvalue weighted by Crippen LogP contribution is 1.99. The van der Waals surface area contributed by atoms with Crippen molar-refractivity contribution in [3.05, 3.63) is 35.9 Å². The van der Waals surface area contributed by atoms with Crippen molar-refractivity contribution in [2.45, 2.75) is 13.8 Å². The fourth-order valence-electron chi connectivity index (χ4n) is 1.79. The second-order valence-electron chi connectivity index (χ2n) is 4.57. The van der Waals surface area contributed by atoms with Crippen molar-refractivity contribution in [2.75, 3.05) is 33.2 Å². The summed E-state index contributed by atoms with van der Waals surface area (Å²) >= 11 is 5.25. The smallest absolute Gasteiger partial charge is 0.257 e. The van der Waals surface area contributed by atoms with Crippen molar-refractivity contribution in [1.29, 1.82) is 0 Å². The van der Waals surface area contributed by atoms with Gasteiger partial charge in [-0.25, -0.2) is 0 Å². The first-order chi connectivity index (χ1) is 9.58. The molecule has 4 nitrogen and oxygen atoms in total. The minimum Gasteiger partial charge on any atom is -0.351 e.